The first kappa shape index (κ1) is 13.8. The number of anilines is 1. The normalized spacial score (nSPS) is 17.1. The molecule has 0 bridgehead atoms. The van der Waals surface area contributed by atoms with Crippen LogP contribution in [0.4, 0.5) is 5.69 Å². The van der Waals surface area contributed by atoms with Crippen LogP contribution in [0.15, 0.2) is 24.3 Å². The van der Waals surface area contributed by atoms with Gasteiger partial charge < -0.3 is 20.1 Å². The number of amides is 1. The van der Waals surface area contributed by atoms with Gasteiger partial charge in [0.05, 0.1) is 6.54 Å². The molecule has 104 valence electrons. The molecule has 0 aliphatic carbocycles. The molecule has 1 atom stereocenters. The summed E-state index contributed by atoms with van der Waals surface area (Å²) in [6.45, 7) is 1.18. The lowest BCUT2D eigenvalue weighted by Crippen LogP contribution is -2.34. The number of nitrogens with one attached hydrogen (secondary N) is 2. The second-order valence-electron chi connectivity index (χ2n) is 4.57. The number of ether oxygens (including phenoxy) is 2. The van der Waals surface area contributed by atoms with Crippen LogP contribution in [0, 0.1) is 0 Å². The molecule has 5 nitrogen and oxygen atoms in total. The number of carbonyl (C=O) groups excluding carboxylic acids is 1. The molecule has 1 unspecified atom stereocenters. The van der Waals surface area contributed by atoms with Gasteiger partial charge in [0.25, 0.3) is 0 Å². The molecule has 0 fully saturated rings. The first-order valence-corrected chi connectivity index (χ1v) is 6.39. The van der Waals surface area contributed by atoms with Gasteiger partial charge in [-0.05, 0) is 11.6 Å². The molecule has 5 heteroatoms. The van der Waals surface area contributed by atoms with E-state index in [1.807, 2.05) is 18.2 Å². The number of para-hydroxylation sites is 1. The molecule has 0 radical (unpaired) electrons. The fourth-order valence-corrected chi connectivity index (χ4v) is 2.30. The molecular formula is C14H20N2O3. The van der Waals surface area contributed by atoms with Crippen molar-refractivity contribution in [1.29, 1.82) is 0 Å². The number of rotatable bonds is 6. The van der Waals surface area contributed by atoms with E-state index in [2.05, 4.69) is 16.7 Å². The summed E-state index contributed by atoms with van der Waals surface area (Å²) in [5.74, 6) is 0.252. The van der Waals surface area contributed by atoms with Gasteiger partial charge in [-0.3, -0.25) is 4.79 Å². The summed E-state index contributed by atoms with van der Waals surface area (Å²) in [5.41, 5.74) is 2.35. The minimum atomic E-state index is -0.391. The molecule has 1 aliphatic heterocycles. The van der Waals surface area contributed by atoms with E-state index >= 15 is 0 Å². The van der Waals surface area contributed by atoms with Crippen molar-refractivity contribution in [3.05, 3.63) is 29.8 Å². The van der Waals surface area contributed by atoms with Crippen LogP contribution in [0.1, 0.15) is 17.9 Å². The third-order valence-corrected chi connectivity index (χ3v) is 3.36. The van der Waals surface area contributed by atoms with Crippen molar-refractivity contribution in [3.63, 3.8) is 0 Å². The van der Waals surface area contributed by atoms with Crippen LogP contribution in [0.3, 0.4) is 0 Å². The lowest BCUT2D eigenvalue weighted by Gasteiger charge is -2.15. The molecule has 1 aromatic carbocycles. The second-order valence-corrected chi connectivity index (χ2v) is 4.57. The molecule has 2 rings (SSSR count). The SMILES string of the molecule is COC(CNC(=O)CC1CNc2ccccc21)OC. The standard InChI is InChI=1S/C14H20N2O3/c1-18-14(19-2)9-16-13(17)7-10-8-15-12-6-4-3-5-11(10)12/h3-6,10,14-15H,7-9H2,1-2H3,(H,16,17). The van der Waals surface area contributed by atoms with Crippen LogP contribution < -0.4 is 10.6 Å². The van der Waals surface area contributed by atoms with Gasteiger partial charge in [-0.2, -0.15) is 0 Å². The van der Waals surface area contributed by atoms with Gasteiger partial charge in [0.1, 0.15) is 0 Å². The first-order chi connectivity index (χ1) is 9.24. The molecule has 1 heterocycles. The highest BCUT2D eigenvalue weighted by molar-refractivity contribution is 5.78. The van der Waals surface area contributed by atoms with Crippen LogP contribution in [0.5, 0.6) is 0 Å². The summed E-state index contributed by atoms with van der Waals surface area (Å²) in [5, 5.41) is 6.14. The number of hydrogen-bond donors (Lipinski definition) is 2. The van der Waals surface area contributed by atoms with Crippen molar-refractivity contribution in [2.24, 2.45) is 0 Å². The Hall–Kier alpha value is -1.59. The summed E-state index contributed by atoms with van der Waals surface area (Å²) >= 11 is 0. The highest BCUT2D eigenvalue weighted by Crippen LogP contribution is 2.32. The van der Waals surface area contributed by atoms with Crippen molar-refractivity contribution in [1.82, 2.24) is 5.32 Å². The Morgan fingerprint density at radius 3 is 2.89 bits per heavy atom. The Morgan fingerprint density at radius 2 is 2.16 bits per heavy atom. The summed E-state index contributed by atoms with van der Waals surface area (Å²) in [6, 6.07) is 8.11. The Balaban J connectivity index is 1.84. The second kappa shape index (κ2) is 6.54. The number of benzene rings is 1. The number of methoxy groups -OCH3 is 2. The smallest absolute Gasteiger partial charge is 0.220 e. The average Bonchev–Trinajstić information content (AvgIpc) is 2.83. The molecule has 19 heavy (non-hydrogen) atoms. The van der Waals surface area contributed by atoms with Crippen molar-refractivity contribution < 1.29 is 14.3 Å². The molecule has 1 aliphatic rings. The van der Waals surface area contributed by atoms with Crippen molar-refractivity contribution in [3.8, 4) is 0 Å². The minimum absolute atomic E-state index is 0.0163. The van der Waals surface area contributed by atoms with Crippen LogP contribution in [-0.2, 0) is 14.3 Å². The lowest BCUT2D eigenvalue weighted by molar-refractivity contribution is -0.127. The van der Waals surface area contributed by atoms with E-state index in [1.165, 1.54) is 5.56 Å². The van der Waals surface area contributed by atoms with Gasteiger partial charge in [0.2, 0.25) is 5.91 Å². The van der Waals surface area contributed by atoms with E-state index in [0.29, 0.717) is 13.0 Å². The topological polar surface area (TPSA) is 59.6 Å². The molecule has 1 aromatic rings. The van der Waals surface area contributed by atoms with E-state index < -0.39 is 6.29 Å². The van der Waals surface area contributed by atoms with Crippen LogP contribution in [0.25, 0.3) is 0 Å². The van der Waals surface area contributed by atoms with E-state index in [-0.39, 0.29) is 11.8 Å². The number of hydrogen-bond acceptors (Lipinski definition) is 4. The highest BCUT2D eigenvalue weighted by atomic mass is 16.7. The van der Waals surface area contributed by atoms with Crippen LogP contribution >= 0.6 is 0 Å². The Bertz CT molecular complexity index is 432. The van der Waals surface area contributed by atoms with Gasteiger partial charge in [0.15, 0.2) is 6.29 Å². The molecule has 0 saturated heterocycles. The first-order valence-electron chi connectivity index (χ1n) is 6.39. The van der Waals surface area contributed by atoms with Gasteiger partial charge in [-0.1, -0.05) is 18.2 Å². The third-order valence-electron chi connectivity index (χ3n) is 3.36. The zero-order valence-corrected chi connectivity index (χ0v) is 11.3. The van der Waals surface area contributed by atoms with E-state index in [4.69, 9.17) is 9.47 Å². The maximum absolute atomic E-state index is 11.9. The molecule has 2 N–H and O–H groups in total. The quantitative estimate of drug-likeness (QED) is 0.761. The zero-order chi connectivity index (χ0) is 13.7. The minimum Gasteiger partial charge on any atom is -0.384 e. The molecule has 0 aromatic heterocycles. The van der Waals surface area contributed by atoms with Gasteiger partial charge in [0, 0.05) is 38.8 Å². The summed E-state index contributed by atoms with van der Waals surface area (Å²) < 4.78 is 10.1. The Labute approximate surface area is 113 Å². The molecule has 1 amide bonds. The fourth-order valence-electron chi connectivity index (χ4n) is 2.30. The van der Waals surface area contributed by atoms with Crippen LogP contribution in [0.2, 0.25) is 0 Å². The van der Waals surface area contributed by atoms with Crippen LogP contribution in [-0.4, -0.2) is 39.5 Å². The lowest BCUT2D eigenvalue weighted by atomic mass is 9.97. The van der Waals surface area contributed by atoms with E-state index in [1.54, 1.807) is 14.2 Å². The summed E-state index contributed by atoms with van der Waals surface area (Å²) in [7, 11) is 3.11. The molecule has 0 saturated carbocycles. The predicted molar refractivity (Wildman–Crippen MR) is 73.1 cm³/mol. The fraction of sp³-hybridized carbons (Fsp3) is 0.500. The Morgan fingerprint density at radius 1 is 1.42 bits per heavy atom. The third kappa shape index (κ3) is 3.45. The van der Waals surface area contributed by atoms with Crippen molar-refractivity contribution in [2.45, 2.75) is 18.6 Å². The maximum Gasteiger partial charge on any atom is 0.220 e. The van der Waals surface area contributed by atoms with E-state index in [9.17, 15) is 4.79 Å². The van der Waals surface area contributed by atoms with Gasteiger partial charge in [-0.15, -0.1) is 0 Å². The summed E-state index contributed by atoms with van der Waals surface area (Å²) in [4.78, 5) is 11.9. The average molecular weight is 264 g/mol. The predicted octanol–water partition coefficient (Wildman–Crippen LogP) is 1.32. The van der Waals surface area contributed by atoms with E-state index in [0.717, 1.165) is 12.2 Å². The monoisotopic (exact) mass is 264 g/mol. The number of carbonyl (C=O) groups is 1. The Kier molecular flexibility index (Phi) is 4.76. The summed E-state index contributed by atoms with van der Waals surface area (Å²) in [6.07, 6.45) is 0.0856. The molecular weight excluding hydrogens is 244 g/mol. The van der Waals surface area contributed by atoms with Gasteiger partial charge in [-0.25, -0.2) is 0 Å². The highest BCUT2D eigenvalue weighted by Gasteiger charge is 2.24. The maximum atomic E-state index is 11.9. The zero-order valence-electron chi connectivity index (χ0n) is 11.3. The van der Waals surface area contributed by atoms with Gasteiger partial charge >= 0.3 is 0 Å². The van der Waals surface area contributed by atoms with Crippen molar-refractivity contribution in [2.75, 3.05) is 32.6 Å². The molecule has 0 spiro atoms. The largest absolute Gasteiger partial charge is 0.384 e. The number of fused-ring (bicyclic) bond motifs is 1. The van der Waals surface area contributed by atoms with Crippen molar-refractivity contribution >= 4 is 11.6 Å².